The first-order valence-corrected chi connectivity index (χ1v) is 12.5. The largest absolute Gasteiger partial charge is 0.489 e. The highest BCUT2D eigenvalue weighted by Gasteiger charge is 2.31. The molecule has 5 rings (SSSR count). The minimum atomic E-state index is -0.614. The Morgan fingerprint density at radius 2 is 1.61 bits per heavy atom. The minimum absolute atomic E-state index is 0.0995. The van der Waals surface area contributed by atoms with E-state index in [9.17, 15) is 9.59 Å². The number of amides is 2. The minimum Gasteiger partial charge on any atom is -0.489 e. The van der Waals surface area contributed by atoms with Gasteiger partial charge >= 0.3 is 0 Å². The third kappa shape index (κ3) is 6.10. The van der Waals surface area contributed by atoms with Crippen LogP contribution in [0.15, 0.2) is 109 Å². The van der Waals surface area contributed by atoms with Crippen LogP contribution in [0, 0.1) is 0 Å². The van der Waals surface area contributed by atoms with Crippen molar-refractivity contribution in [1.82, 2.24) is 0 Å². The molecular formula is C32H28N2O4. The quantitative estimate of drug-likeness (QED) is 0.289. The van der Waals surface area contributed by atoms with E-state index in [1.807, 2.05) is 84.9 Å². The van der Waals surface area contributed by atoms with E-state index in [1.54, 1.807) is 36.1 Å². The molecule has 6 heteroatoms. The Morgan fingerprint density at radius 1 is 0.921 bits per heavy atom. The normalized spacial score (nSPS) is 14.6. The number of ether oxygens (including phenoxy) is 2. The number of nitrogens with zero attached hydrogens (tertiary/aromatic N) is 1. The maximum absolute atomic E-state index is 12.8. The summed E-state index contributed by atoms with van der Waals surface area (Å²) >= 11 is 0. The summed E-state index contributed by atoms with van der Waals surface area (Å²) in [6.45, 7) is 2.68. The van der Waals surface area contributed by atoms with Gasteiger partial charge in [0.1, 0.15) is 18.1 Å². The highest BCUT2D eigenvalue weighted by molar-refractivity contribution is 6.03. The molecule has 38 heavy (non-hydrogen) atoms. The van der Waals surface area contributed by atoms with Gasteiger partial charge in [-0.25, -0.2) is 0 Å². The second-order valence-electron chi connectivity index (χ2n) is 9.02. The molecule has 190 valence electrons. The van der Waals surface area contributed by atoms with Crippen molar-refractivity contribution in [3.05, 3.63) is 126 Å². The third-order valence-electron chi connectivity index (χ3n) is 6.17. The number of nitrogens with one attached hydrogen (secondary N) is 1. The van der Waals surface area contributed by atoms with E-state index < -0.39 is 6.10 Å². The van der Waals surface area contributed by atoms with E-state index in [1.165, 1.54) is 6.08 Å². The zero-order valence-corrected chi connectivity index (χ0v) is 21.0. The molecule has 0 aromatic heterocycles. The summed E-state index contributed by atoms with van der Waals surface area (Å²) in [5, 5.41) is 2.87. The standard InChI is InChI=1S/C32H28N2O4/c1-23-32(36)34(21-25-8-4-2-5-9-25)29-18-15-27(20-30(29)38-23)33-31(35)19-14-24-12-16-28(17-13-24)37-22-26-10-6-3-7-11-26/h2-20,23H,21-22H2,1H3,(H,33,35)/b19-14+. The van der Waals surface area contributed by atoms with Gasteiger partial charge in [0.2, 0.25) is 5.91 Å². The first-order chi connectivity index (χ1) is 18.5. The van der Waals surface area contributed by atoms with Gasteiger partial charge in [0, 0.05) is 17.8 Å². The molecule has 1 heterocycles. The Bertz CT molecular complexity index is 1430. The zero-order chi connectivity index (χ0) is 26.3. The van der Waals surface area contributed by atoms with Crippen molar-refractivity contribution in [3.8, 4) is 11.5 Å². The second kappa shape index (κ2) is 11.5. The molecule has 1 aliphatic heterocycles. The summed E-state index contributed by atoms with van der Waals surface area (Å²) in [5.41, 5.74) is 4.28. The summed E-state index contributed by atoms with van der Waals surface area (Å²) < 4.78 is 11.7. The summed E-state index contributed by atoms with van der Waals surface area (Å²) in [6, 6.07) is 32.7. The van der Waals surface area contributed by atoms with E-state index in [0.29, 0.717) is 30.3 Å². The van der Waals surface area contributed by atoms with E-state index in [4.69, 9.17) is 9.47 Å². The number of fused-ring (bicyclic) bond motifs is 1. The van der Waals surface area contributed by atoms with Crippen LogP contribution in [0.3, 0.4) is 0 Å². The molecule has 0 fully saturated rings. The van der Waals surface area contributed by atoms with Gasteiger partial charge in [0.15, 0.2) is 6.10 Å². The molecule has 0 bridgehead atoms. The fourth-order valence-corrected chi connectivity index (χ4v) is 4.19. The van der Waals surface area contributed by atoms with E-state index in [-0.39, 0.29) is 11.8 Å². The molecule has 1 atom stereocenters. The first kappa shape index (κ1) is 24.8. The Balaban J connectivity index is 1.20. The smallest absolute Gasteiger partial charge is 0.268 e. The predicted molar refractivity (Wildman–Crippen MR) is 149 cm³/mol. The van der Waals surface area contributed by atoms with E-state index >= 15 is 0 Å². The van der Waals surface area contributed by atoms with Crippen molar-refractivity contribution < 1.29 is 19.1 Å². The molecule has 2 amide bonds. The lowest BCUT2D eigenvalue weighted by atomic mass is 10.1. The summed E-state index contributed by atoms with van der Waals surface area (Å²) in [7, 11) is 0. The van der Waals surface area contributed by atoms with Crippen molar-refractivity contribution in [2.45, 2.75) is 26.2 Å². The Labute approximate surface area is 222 Å². The molecule has 0 saturated heterocycles. The number of rotatable bonds is 8. The van der Waals surface area contributed by atoms with Crippen molar-refractivity contribution in [2.24, 2.45) is 0 Å². The topological polar surface area (TPSA) is 67.9 Å². The number of carbonyl (C=O) groups excluding carboxylic acids is 2. The Hall–Kier alpha value is -4.84. The van der Waals surface area contributed by atoms with Crippen LogP contribution in [0.1, 0.15) is 23.6 Å². The Kier molecular flexibility index (Phi) is 7.50. The van der Waals surface area contributed by atoms with Gasteiger partial charge in [-0.05, 0) is 54.0 Å². The van der Waals surface area contributed by atoms with Crippen LogP contribution in [0.2, 0.25) is 0 Å². The van der Waals surface area contributed by atoms with Crippen molar-refractivity contribution in [3.63, 3.8) is 0 Å². The summed E-state index contributed by atoms with van der Waals surface area (Å²) in [5.74, 6) is 0.951. The van der Waals surface area contributed by atoms with Crippen LogP contribution in [0.25, 0.3) is 6.08 Å². The summed E-state index contributed by atoms with van der Waals surface area (Å²) in [4.78, 5) is 27.1. The van der Waals surface area contributed by atoms with Crippen LogP contribution >= 0.6 is 0 Å². The van der Waals surface area contributed by atoms with Crippen LogP contribution in [0.5, 0.6) is 11.5 Å². The van der Waals surface area contributed by atoms with Crippen LogP contribution in [-0.2, 0) is 22.7 Å². The molecule has 4 aromatic carbocycles. The van der Waals surface area contributed by atoms with Crippen LogP contribution in [0.4, 0.5) is 11.4 Å². The Morgan fingerprint density at radius 3 is 2.32 bits per heavy atom. The fourth-order valence-electron chi connectivity index (χ4n) is 4.19. The van der Waals surface area contributed by atoms with E-state index in [2.05, 4.69) is 5.32 Å². The van der Waals surface area contributed by atoms with Crippen molar-refractivity contribution in [1.29, 1.82) is 0 Å². The monoisotopic (exact) mass is 504 g/mol. The van der Waals surface area contributed by atoms with Gasteiger partial charge in [-0.2, -0.15) is 0 Å². The maximum atomic E-state index is 12.8. The lowest BCUT2D eigenvalue weighted by Gasteiger charge is -2.33. The first-order valence-electron chi connectivity index (χ1n) is 12.5. The van der Waals surface area contributed by atoms with Gasteiger partial charge in [-0.1, -0.05) is 72.8 Å². The number of hydrogen-bond acceptors (Lipinski definition) is 4. The lowest BCUT2D eigenvalue weighted by molar-refractivity contribution is -0.125. The molecule has 0 spiro atoms. The number of anilines is 2. The van der Waals surface area contributed by atoms with Gasteiger partial charge in [0.25, 0.3) is 5.91 Å². The van der Waals surface area contributed by atoms with Crippen molar-refractivity contribution >= 4 is 29.3 Å². The average Bonchev–Trinajstić information content (AvgIpc) is 2.95. The molecule has 4 aromatic rings. The number of benzene rings is 4. The van der Waals surface area contributed by atoms with Gasteiger partial charge < -0.3 is 19.7 Å². The lowest BCUT2D eigenvalue weighted by Crippen LogP contribution is -2.44. The number of hydrogen-bond donors (Lipinski definition) is 1. The molecule has 1 N–H and O–H groups in total. The third-order valence-corrected chi connectivity index (χ3v) is 6.17. The molecule has 0 radical (unpaired) electrons. The molecule has 6 nitrogen and oxygen atoms in total. The van der Waals surface area contributed by atoms with Crippen LogP contribution in [-0.4, -0.2) is 17.9 Å². The average molecular weight is 505 g/mol. The SMILES string of the molecule is CC1Oc2cc(NC(=O)/C=C/c3ccc(OCc4ccccc4)cc3)ccc2N(Cc2ccccc2)C1=O. The van der Waals surface area contributed by atoms with Gasteiger partial charge in [0.05, 0.1) is 12.2 Å². The van der Waals surface area contributed by atoms with Crippen LogP contribution < -0.4 is 19.7 Å². The second-order valence-corrected chi connectivity index (χ2v) is 9.02. The molecular weight excluding hydrogens is 476 g/mol. The summed E-state index contributed by atoms with van der Waals surface area (Å²) in [6.07, 6.45) is 2.61. The van der Waals surface area contributed by atoms with Gasteiger partial charge in [-0.3, -0.25) is 9.59 Å². The number of carbonyl (C=O) groups is 2. The predicted octanol–water partition coefficient (Wildman–Crippen LogP) is 6.23. The highest BCUT2D eigenvalue weighted by atomic mass is 16.5. The molecule has 0 saturated carbocycles. The van der Waals surface area contributed by atoms with Crippen molar-refractivity contribution in [2.75, 3.05) is 10.2 Å². The molecule has 1 aliphatic rings. The fraction of sp³-hybridized carbons (Fsp3) is 0.125. The molecule has 0 aliphatic carbocycles. The highest BCUT2D eigenvalue weighted by Crippen LogP contribution is 2.37. The van der Waals surface area contributed by atoms with Gasteiger partial charge in [-0.15, -0.1) is 0 Å². The van der Waals surface area contributed by atoms with E-state index in [0.717, 1.165) is 22.4 Å². The molecule has 1 unspecified atom stereocenters. The maximum Gasteiger partial charge on any atom is 0.268 e. The zero-order valence-electron chi connectivity index (χ0n) is 21.0.